The summed E-state index contributed by atoms with van der Waals surface area (Å²) in [5.41, 5.74) is 5.55. The Bertz CT molecular complexity index is 383. The third-order valence-corrected chi connectivity index (χ3v) is 4.06. The van der Waals surface area contributed by atoms with Gasteiger partial charge in [0.1, 0.15) is 42.7 Å². The van der Waals surface area contributed by atoms with Gasteiger partial charge in [-0.3, -0.25) is 0 Å². The van der Waals surface area contributed by atoms with Gasteiger partial charge in [0.05, 0.1) is 19.3 Å². The van der Waals surface area contributed by atoms with Gasteiger partial charge < -0.3 is 55.7 Å². The van der Waals surface area contributed by atoms with E-state index in [1.165, 1.54) is 0 Å². The molecule has 0 amide bonds. The van der Waals surface area contributed by atoms with Gasteiger partial charge in [-0.1, -0.05) is 0 Å². The van der Waals surface area contributed by atoms with Crippen molar-refractivity contribution in [2.24, 2.45) is 5.73 Å². The standard InChI is InChI=1S/C12H23NO10/c13-5-7(17)10(4(2-15)21-11(5)20)23-12-9(19)8(18)6(16)3(1-14)22-12/h3-12,14-20H,1-2,13H2/t3-,4-,5-,6-,7-,8+,9-,10+,11+,12-/m1/s1. The van der Waals surface area contributed by atoms with E-state index in [-0.39, 0.29) is 0 Å². The minimum atomic E-state index is -1.68. The maximum Gasteiger partial charge on any atom is 0.187 e. The molecule has 0 aromatic rings. The van der Waals surface area contributed by atoms with Crippen molar-refractivity contribution >= 4 is 0 Å². The zero-order valence-electron chi connectivity index (χ0n) is 12.1. The second-order valence-electron chi connectivity index (χ2n) is 5.61. The highest BCUT2D eigenvalue weighted by Crippen LogP contribution is 2.27. The number of aliphatic hydroxyl groups excluding tert-OH is 7. The predicted molar refractivity (Wildman–Crippen MR) is 70.6 cm³/mol. The summed E-state index contributed by atoms with van der Waals surface area (Å²) in [5, 5.41) is 67.3. The molecule has 2 rings (SSSR count). The molecule has 11 nitrogen and oxygen atoms in total. The third-order valence-electron chi connectivity index (χ3n) is 4.06. The Balaban J connectivity index is 2.11. The van der Waals surface area contributed by atoms with Crippen LogP contribution in [0.5, 0.6) is 0 Å². The van der Waals surface area contributed by atoms with Crippen LogP contribution in [0.4, 0.5) is 0 Å². The first-order valence-corrected chi connectivity index (χ1v) is 7.15. The fourth-order valence-corrected chi connectivity index (χ4v) is 2.60. The van der Waals surface area contributed by atoms with Gasteiger partial charge in [0.2, 0.25) is 0 Å². The number of aliphatic hydroxyl groups is 7. The van der Waals surface area contributed by atoms with Gasteiger partial charge in [-0.25, -0.2) is 0 Å². The van der Waals surface area contributed by atoms with Gasteiger partial charge in [-0.2, -0.15) is 0 Å². The molecule has 2 aliphatic heterocycles. The molecule has 2 heterocycles. The van der Waals surface area contributed by atoms with Crippen LogP contribution in [0, 0.1) is 0 Å². The molecule has 11 heteroatoms. The first-order chi connectivity index (χ1) is 10.8. The monoisotopic (exact) mass is 341 g/mol. The number of rotatable bonds is 4. The minimum absolute atomic E-state index is 0.622. The molecular formula is C12H23NO10. The molecule has 0 unspecified atom stereocenters. The lowest BCUT2D eigenvalue weighted by Crippen LogP contribution is -2.66. The number of ether oxygens (including phenoxy) is 3. The van der Waals surface area contributed by atoms with E-state index in [9.17, 15) is 30.6 Å². The van der Waals surface area contributed by atoms with Crippen LogP contribution in [0.2, 0.25) is 0 Å². The van der Waals surface area contributed by atoms with Crippen molar-refractivity contribution in [2.45, 2.75) is 61.3 Å². The summed E-state index contributed by atoms with van der Waals surface area (Å²) >= 11 is 0. The third kappa shape index (κ3) is 3.65. The SMILES string of the molecule is N[C@@H]1[C@@H](O)[C@@H](O[C@H]2O[C@H](CO)[C@@H](O)[C@H](O)[C@H]2O)[C@@H](CO)O[C@@H]1O. The van der Waals surface area contributed by atoms with Crippen LogP contribution in [0.1, 0.15) is 0 Å². The molecule has 136 valence electrons. The Labute approximate surface area is 131 Å². The Morgan fingerprint density at radius 1 is 0.783 bits per heavy atom. The molecule has 0 radical (unpaired) electrons. The fourth-order valence-electron chi connectivity index (χ4n) is 2.60. The zero-order chi connectivity index (χ0) is 17.3. The summed E-state index contributed by atoms with van der Waals surface area (Å²) in [6.45, 7) is -1.26. The van der Waals surface area contributed by atoms with Crippen LogP contribution in [0.3, 0.4) is 0 Å². The van der Waals surface area contributed by atoms with Crippen molar-refractivity contribution < 1.29 is 50.0 Å². The molecular weight excluding hydrogens is 318 g/mol. The maximum atomic E-state index is 10.1. The summed E-state index contributed by atoms with van der Waals surface area (Å²) in [4.78, 5) is 0. The summed E-state index contributed by atoms with van der Waals surface area (Å²) in [6.07, 6.45) is -13.0. The quantitative estimate of drug-likeness (QED) is 0.243. The van der Waals surface area contributed by atoms with E-state index >= 15 is 0 Å². The molecule has 2 fully saturated rings. The lowest BCUT2D eigenvalue weighted by molar-refractivity contribution is -0.344. The average Bonchev–Trinajstić information content (AvgIpc) is 2.55. The van der Waals surface area contributed by atoms with Gasteiger partial charge in [0.15, 0.2) is 12.6 Å². The van der Waals surface area contributed by atoms with Crippen LogP contribution in [-0.2, 0) is 14.2 Å². The van der Waals surface area contributed by atoms with Crippen LogP contribution in [-0.4, -0.2) is 110 Å². The van der Waals surface area contributed by atoms with Crippen molar-refractivity contribution in [1.82, 2.24) is 0 Å². The number of hydrogen-bond donors (Lipinski definition) is 8. The van der Waals surface area contributed by atoms with Crippen molar-refractivity contribution in [3.63, 3.8) is 0 Å². The second-order valence-corrected chi connectivity index (χ2v) is 5.61. The Morgan fingerprint density at radius 3 is 1.96 bits per heavy atom. The van der Waals surface area contributed by atoms with Crippen LogP contribution < -0.4 is 5.73 Å². The lowest BCUT2D eigenvalue weighted by Gasteiger charge is -2.45. The molecule has 0 aromatic heterocycles. The van der Waals surface area contributed by atoms with Gasteiger partial charge in [0.25, 0.3) is 0 Å². The van der Waals surface area contributed by atoms with Crippen molar-refractivity contribution in [2.75, 3.05) is 13.2 Å². The first-order valence-electron chi connectivity index (χ1n) is 7.15. The topological polar surface area (TPSA) is 195 Å². The summed E-state index contributed by atoms with van der Waals surface area (Å²) < 4.78 is 15.5. The highest BCUT2D eigenvalue weighted by Gasteiger charge is 2.49. The van der Waals surface area contributed by atoms with Gasteiger partial charge >= 0.3 is 0 Å². The summed E-state index contributed by atoms with van der Waals surface area (Å²) in [6, 6.07) is -1.23. The Hall–Kier alpha value is -0.440. The van der Waals surface area contributed by atoms with Gasteiger partial charge in [0, 0.05) is 0 Å². The molecule has 0 bridgehead atoms. The highest BCUT2D eigenvalue weighted by molar-refractivity contribution is 4.94. The normalized spacial score (nSPS) is 51.7. The van der Waals surface area contributed by atoms with Crippen molar-refractivity contribution in [3.05, 3.63) is 0 Å². The van der Waals surface area contributed by atoms with E-state index < -0.39 is 74.6 Å². The largest absolute Gasteiger partial charge is 0.394 e. The van der Waals surface area contributed by atoms with Gasteiger partial charge in [-0.05, 0) is 0 Å². The van der Waals surface area contributed by atoms with E-state index in [4.69, 9.17) is 25.1 Å². The zero-order valence-corrected chi connectivity index (χ0v) is 12.1. The molecule has 2 saturated heterocycles. The molecule has 0 aromatic carbocycles. The highest BCUT2D eigenvalue weighted by atomic mass is 16.7. The lowest BCUT2D eigenvalue weighted by atomic mass is 9.96. The second kappa shape index (κ2) is 7.63. The van der Waals surface area contributed by atoms with Crippen molar-refractivity contribution in [3.8, 4) is 0 Å². The van der Waals surface area contributed by atoms with Crippen LogP contribution in [0.25, 0.3) is 0 Å². The molecule has 2 aliphatic rings. The Kier molecular flexibility index (Phi) is 6.27. The first kappa shape index (κ1) is 18.9. The Morgan fingerprint density at radius 2 is 1.39 bits per heavy atom. The summed E-state index contributed by atoms with van der Waals surface area (Å²) in [5.74, 6) is 0. The van der Waals surface area contributed by atoms with E-state index in [1.807, 2.05) is 0 Å². The molecule has 23 heavy (non-hydrogen) atoms. The number of hydrogen-bond acceptors (Lipinski definition) is 11. The van der Waals surface area contributed by atoms with E-state index in [2.05, 4.69) is 0 Å². The summed E-state index contributed by atoms with van der Waals surface area (Å²) in [7, 11) is 0. The van der Waals surface area contributed by atoms with E-state index in [0.717, 1.165) is 0 Å². The smallest absolute Gasteiger partial charge is 0.187 e. The molecule has 9 N–H and O–H groups in total. The van der Waals surface area contributed by atoms with E-state index in [1.54, 1.807) is 0 Å². The van der Waals surface area contributed by atoms with Gasteiger partial charge in [-0.15, -0.1) is 0 Å². The molecule has 0 spiro atoms. The predicted octanol–water partition coefficient (Wildman–Crippen LogP) is -5.43. The fraction of sp³-hybridized carbons (Fsp3) is 1.00. The van der Waals surface area contributed by atoms with Crippen LogP contribution in [0.15, 0.2) is 0 Å². The molecule has 0 aliphatic carbocycles. The average molecular weight is 341 g/mol. The van der Waals surface area contributed by atoms with E-state index in [0.29, 0.717) is 0 Å². The minimum Gasteiger partial charge on any atom is -0.394 e. The number of nitrogens with two attached hydrogens (primary N) is 1. The van der Waals surface area contributed by atoms with Crippen molar-refractivity contribution in [1.29, 1.82) is 0 Å². The maximum absolute atomic E-state index is 10.1. The molecule has 0 saturated carbocycles. The van der Waals surface area contributed by atoms with Crippen LogP contribution >= 0.6 is 0 Å². The molecule has 10 atom stereocenters.